The molecule has 6 nitrogen and oxygen atoms in total. The van der Waals surface area contributed by atoms with Crippen LogP contribution in [0.4, 0.5) is 0 Å². The maximum Gasteiger partial charge on any atom is 0.252 e. The van der Waals surface area contributed by atoms with Gasteiger partial charge >= 0.3 is 0 Å². The van der Waals surface area contributed by atoms with Crippen LogP contribution in [0.2, 0.25) is 5.02 Å². The molecule has 0 aromatic carbocycles. The van der Waals surface area contributed by atoms with Crippen LogP contribution in [0, 0.1) is 12.3 Å². The second kappa shape index (κ2) is 6.29. The summed E-state index contributed by atoms with van der Waals surface area (Å²) in [5.41, 5.74) is 6.76. The third-order valence-corrected chi connectivity index (χ3v) is 2.74. The summed E-state index contributed by atoms with van der Waals surface area (Å²) >= 11 is 5.91. The summed E-state index contributed by atoms with van der Waals surface area (Å²) in [6.45, 7) is 2.14. The first-order valence-corrected chi connectivity index (χ1v) is 5.87. The van der Waals surface area contributed by atoms with Crippen LogP contribution in [-0.2, 0) is 6.54 Å². The zero-order valence-corrected chi connectivity index (χ0v) is 11.0. The fraction of sp³-hybridized carbons (Fsp3) is 0.231. The van der Waals surface area contributed by atoms with E-state index in [9.17, 15) is 4.79 Å². The van der Waals surface area contributed by atoms with Crippen molar-refractivity contribution in [2.45, 2.75) is 20.9 Å². The standard InChI is InChI=1S/C12H12ClN5O.CH4/c1-7-3-17-9(4-16-7)6-18-5-8(13)2-10(11(18)14)12(15)19;/h2-5,14H,6H2,1H3,(H2,15,19);1H4. The zero-order chi connectivity index (χ0) is 14.0. The number of nitrogens with one attached hydrogen (secondary N) is 1. The fourth-order valence-corrected chi connectivity index (χ4v) is 1.83. The average Bonchev–Trinajstić information content (AvgIpc) is 2.35. The lowest BCUT2D eigenvalue weighted by Crippen LogP contribution is -2.30. The monoisotopic (exact) mass is 293 g/mol. The van der Waals surface area contributed by atoms with Crippen LogP contribution in [0.15, 0.2) is 24.7 Å². The molecule has 0 radical (unpaired) electrons. The summed E-state index contributed by atoms with van der Waals surface area (Å²) in [6.07, 6.45) is 4.81. The number of aryl methyl sites for hydroxylation is 1. The number of nitrogens with zero attached hydrogens (tertiary/aromatic N) is 3. The van der Waals surface area contributed by atoms with Crippen LogP contribution in [-0.4, -0.2) is 20.4 Å². The molecule has 0 unspecified atom stereocenters. The highest BCUT2D eigenvalue weighted by atomic mass is 35.5. The Labute approximate surface area is 121 Å². The van der Waals surface area contributed by atoms with E-state index in [4.69, 9.17) is 22.7 Å². The van der Waals surface area contributed by atoms with Crippen molar-refractivity contribution >= 4 is 17.5 Å². The van der Waals surface area contributed by atoms with Crippen molar-refractivity contribution in [1.29, 1.82) is 5.41 Å². The third kappa shape index (κ3) is 3.42. The molecule has 20 heavy (non-hydrogen) atoms. The number of halogens is 1. The molecule has 7 heteroatoms. The molecule has 0 aliphatic carbocycles. The van der Waals surface area contributed by atoms with Crippen molar-refractivity contribution in [2.75, 3.05) is 0 Å². The van der Waals surface area contributed by atoms with Gasteiger partial charge in [0.2, 0.25) is 0 Å². The quantitative estimate of drug-likeness (QED) is 0.897. The van der Waals surface area contributed by atoms with Gasteiger partial charge in [-0.1, -0.05) is 19.0 Å². The summed E-state index contributed by atoms with van der Waals surface area (Å²) in [4.78, 5) is 19.5. The van der Waals surface area contributed by atoms with Gasteiger partial charge < -0.3 is 10.3 Å². The minimum Gasteiger partial charge on any atom is -0.365 e. The van der Waals surface area contributed by atoms with E-state index in [0.29, 0.717) is 17.3 Å². The van der Waals surface area contributed by atoms with Gasteiger partial charge in [-0.3, -0.25) is 20.2 Å². The number of rotatable bonds is 3. The number of pyridine rings is 1. The largest absolute Gasteiger partial charge is 0.365 e. The molecule has 0 spiro atoms. The molecule has 106 valence electrons. The van der Waals surface area contributed by atoms with Crippen LogP contribution in [0.25, 0.3) is 0 Å². The van der Waals surface area contributed by atoms with E-state index in [1.165, 1.54) is 10.6 Å². The van der Waals surface area contributed by atoms with Crippen molar-refractivity contribution < 1.29 is 4.79 Å². The molecule has 2 heterocycles. The van der Waals surface area contributed by atoms with Crippen LogP contribution in [0.5, 0.6) is 0 Å². The highest BCUT2D eigenvalue weighted by Gasteiger charge is 2.09. The molecule has 2 aromatic heterocycles. The number of amides is 1. The molecule has 2 rings (SSSR count). The summed E-state index contributed by atoms with van der Waals surface area (Å²) in [6, 6.07) is 1.38. The normalized spacial score (nSPS) is 9.90. The van der Waals surface area contributed by atoms with Gasteiger partial charge in [-0.2, -0.15) is 0 Å². The maximum atomic E-state index is 11.2. The molecule has 0 atom stereocenters. The van der Waals surface area contributed by atoms with Gasteiger partial charge in [0.1, 0.15) is 5.49 Å². The van der Waals surface area contributed by atoms with Crippen molar-refractivity contribution in [3.05, 3.63) is 52.1 Å². The first-order valence-electron chi connectivity index (χ1n) is 5.49. The van der Waals surface area contributed by atoms with Crippen LogP contribution in [0.3, 0.4) is 0 Å². The Kier molecular flexibility index (Phi) is 4.99. The van der Waals surface area contributed by atoms with E-state index in [1.54, 1.807) is 18.6 Å². The van der Waals surface area contributed by atoms with Crippen LogP contribution in [0.1, 0.15) is 29.2 Å². The minimum atomic E-state index is -0.684. The fourth-order valence-electron chi connectivity index (χ4n) is 1.60. The summed E-state index contributed by atoms with van der Waals surface area (Å²) in [5, 5.41) is 8.26. The molecular formula is C13H16ClN5O. The van der Waals surface area contributed by atoms with Crippen LogP contribution >= 0.6 is 11.6 Å². The van der Waals surface area contributed by atoms with Gasteiger partial charge in [-0.15, -0.1) is 0 Å². The average molecular weight is 294 g/mol. The molecule has 0 saturated heterocycles. The first kappa shape index (κ1) is 15.8. The lowest BCUT2D eigenvalue weighted by atomic mass is 10.2. The smallest absolute Gasteiger partial charge is 0.252 e. The van der Waals surface area contributed by atoms with Crippen molar-refractivity contribution in [3.63, 3.8) is 0 Å². The summed E-state index contributed by atoms with van der Waals surface area (Å²) < 4.78 is 1.50. The second-order valence-electron chi connectivity index (χ2n) is 4.06. The molecule has 2 aromatic rings. The Balaban J connectivity index is 0.00000200. The van der Waals surface area contributed by atoms with E-state index in [1.807, 2.05) is 6.92 Å². The van der Waals surface area contributed by atoms with Gasteiger partial charge in [0, 0.05) is 12.4 Å². The Hall–Kier alpha value is -2.21. The molecule has 3 N–H and O–H groups in total. The lowest BCUT2D eigenvalue weighted by molar-refractivity contribution is 0.0998. The van der Waals surface area contributed by atoms with E-state index in [0.717, 1.165) is 5.69 Å². The van der Waals surface area contributed by atoms with E-state index < -0.39 is 5.91 Å². The SMILES string of the molecule is C.Cc1cnc(Cn2cc(Cl)cc(C(N)=O)c2=N)cn1. The van der Waals surface area contributed by atoms with Gasteiger partial charge in [0.05, 0.1) is 34.7 Å². The number of primary amides is 1. The number of hydrogen-bond acceptors (Lipinski definition) is 4. The molecule has 0 fully saturated rings. The number of carbonyl (C=O) groups is 1. The van der Waals surface area contributed by atoms with Crippen molar-refractivity contribution in [1.82, 2.24) is 14.5 Å². The topological polar surface area (TPSA) is 97.7 Å². The zero-order valence-electron chi connectivity index (χ0n) is 10.2. The van der Waals surface area contributed by atoms with Gasteiger partial charge in [0.25, 0.3) is 5.91 Å². The number of nitrogens with two attached hydrogens (primary N) is 1. The van der Waals surface area contributed by atoms with E-state index >= 15 is 0 Å². The second-order valence-corrected chi connectivity index (χ2v) is 4.50. The molecule has 0 saturated carbocycles. The molecule has 1 amide bonds. The highest BCUT2D eigenvalue weighted by Crippen LogP contribution is 2.08. The minimum absolute atomic E-state index is 0. The Morgan fingerprint density at radius 3 is 2.70 bits per heavy atom. The Morgan fingerprint density at radius 2 is 2.15 bits per heavy atom. The van der Waals surface area contributed by atoms with Gasteiger partial charge in [-0.05, 0) is 13.0 Å². The first-order chi connectivity index (χ1) is 8.97. The number of aromatic nitrogens is 3. The third-order valence-electron chi connectivity index (χ3n) is 2.54. The molecule has 0 aliphatic rings. The predicted octanol–water partition coefficient (Wildman–Crippen LogP) is 1.50. The van der Waals surface area contributed by atoms with Gasteiger partial charge in [-0.25, -0.2) is 0 Å². The van der Waals surface area contributed by atoms with Gasteiger partial charge in [0.15, 0.2) is 0 Å². The molecule has 0 aliphatic heterocycles. The van der Waals surface area contributed by atoms with Crippen molar-refractivity contribution in [2.24, 2.45) is 5.73 Å². The van der Waals surface area contributed by atoms with E-state index in [2.05, 4.69) is 9.97 Å². The van der Waals surface area contributed by atoms with Crippen molar-refractivity contribution in [3.8, 4) is 0 Å². The number of carbonyl (C=O) groups excluding carboxylic acids is 1. The van der Waals surface area contributed by atoms with E-state index in [-0.39, 0.29) is 18.5 Å². The summed E-state index contributed by atoms with van der Waals surface area (Å²) in [5.74, 6) is -0.684. The maximum absolute atomic E-state index is 11.2. The molecular weight excluding hydrogens is 278 g/mol. The predicted molar refractivity (Wildman–Crippen MR) is 76.4 cm³/mol. The number of hydrogen-bond donors (Lipinski definition) is 2. The summed E-state index contributed by atoms with van der Waals surface area (Å²) in [7, 11) is 0. The highest BCUT2D eigenvalue weighted by molar-refractivity contribution is 6.30. The lowest BCUT2D eigenvalue weighted by Gasteiger charge is -2.09. The Bertz CT molecular complexity index is 678. The Morgan fingerprint density at radius 1 is 1.45 bits per heavy atom. The van der Waals surface area contributed by atoms with Crippen LogP contribution < -0.4 is 11.2 Å². The molecule has 0 bridgehead atoms.